The summed E-state index contributed by atoms with van der Waals surface area (Å²) in [5, 5.41) is 6.20. The van der Waals surface area contributed by atoms with Crippen molar-refractivity contribution in [2.75, 3.05) is 16.3 Å². The molecule has 0 bridgehead atoms. The van der Waals surface area contributed by atoms with Crippen molar-refractivity contribution in [3.05, 3.63) is 28.1 Å². The zero-order chi connectivity index (χ0) is 17.1. The SMILES string of the molecule is Cc1cc(NC(=O)C(C)(C)C)cc(N=[N+]=[N-])c1NS(C)(=O)=O. The molecule has 0 aliphatic heterocycles. The molecule has 2 N–H and O–H groups in total. The molecule has 0 unspecified atom stereocenters. The van der Waals surface area contributed by atoms with Gasteiger partial charge in [0.05, 0.1) is 17.6 Å². The minimum atomic E-state index is -3.52. The summed E-state index contributed by atoms with van der Waals surface area (Å²) in [4.78, 5) is 14.7. The molecule has 0 saturated heterocycles. The molecule has 0 radical (unpaired) electrons. The first kappa shape index (κ1) is 17.8. The lowest BCUT2D eigenvalue weighted by molar-refractivity contribution is -0.123. The first-order chi connectivity index (χ1) is 9.94. The number of carbonyl (C=O) groups excluding carboxylic acids is 1. The van der Waals surface area contributed by atoms with Crippen LogP contribution < -0.4 is 10.0 Å². The van der Waals surface area contributed by atoms with Gasteiger partial charge >= 0.3 is 0 Å². The smallest absolute Gasteiger partial charge is 0.229 e. The molecule has 0 aliphatic carbocycles. The highest BCUT2D eigenvalue weighted by Gasteiger charge is 2.22. The Bertz CT molecular complexity index is 744. The lowest BCUT2D eigenvalue weighted by Crippen LogP contribution is -2.27. The predicted molar refractivity (Wildman–Crippen MR) is 86.5 cm³/mol. The van der Waals surface area contributed by atoms with E-state index in [1.165, 1.54) is 6.07 Å². The average Bonchev–Trinajstić information content (AvgIpc) is 2.31. The molecule has 1 aromatic rings. The second kappa shape index (κ2) is 6.25. The van der Waals surface area contributed by atoms with Crippen LogP contribution in [0.2, 0.25) is 0 Å². The molecule has 0 atom stereocenters. The van der Waals surface area contributed by atoms with Gasteiger partial charge in [-0.05, 0) is 30.2 Å². The van der Waals surface area contributed by atoms with Gasteiger partial charge in [0.25, 0.3) is 0 Å². The van der Waals surface area contributed by atoms with E-state index in [-0.39, 0.29) is 17.3 Å². The molecule has 0 spiro atoms. The van der Waals surface area contributed by atoms with E-state index in [1.807, 2.05) is 0 Å². The van der Waals surface area contributed by atoms with Crippen LogP contribution in [0.4, 0.5) is 17.1 Å². The van der Waals surface area contributed by atoms with Gasteiger partial charge in [-0.3, -0.25) is 9.52 Å². The number of nitrogens with zero attached hydrogens (tertiary/aromatic N) is 3. The van der Waals surface area contributed by atoms with Crippen molar-refractivity contribution >= 4 is 33.0 Å². The first-order valence-electron chi connectivity index (χ1n) is 6.43. The quantitative estimate of drug-likeness (QED) is 0.501. The highest BCUT2D eigenvalue weighted by atomic mass is 32.2. The fraction of sp³-hybridized carbons (Fsp3) is 0.462. The van der Waals surface area contributed by atoms with Gasteiger partial charge in [-0.1, -0.05) is 25.9 Å². The van der Waals surface area contributed by atoms with Crippen LogP contribution in [-0.4, -0.2) is 20.6 Å². The molecular weight excluding hydrogens is 306 g/mol. The monoisotopic (exact) mass is 325 g/mol. The largest absolute Gasteiger partial charge is 0.326 e. The van der Waals surface area contributed by atoms with Gasteiger partial charge in [-0.2, -0.15) is 0 Å². The minimum absolute atomic E-state index is 0.0946. The molecule has 8 nitrogen and oxygen atoms in total. The summed E-state index contributed by atoms with van der Waals surface area (Å²) < 4.78 is 25.1. The van der Waals surface area contributed by atoms with Gasteiger partial charge in [0.2, 0.25) is 15.9 Å². The van der Waals surface area contributed by atoms with E-state index in [0.717, 1.165) is 6.26 Å². The number of amides is 1. The molecule has 0 aliphatic rings. The first-order valence-corrected chi connectivity index (χ1v) is 8.32. The molecule has 0 heterocycles. The van der Waals surface area contributed by atoms with E-state index < -0.39 is 15.4 Å². The van der Waals surface area contributed by atoms with Crippen molar-refractivity contribution in [1.29, 1.82) is 0 Å². The van der Waals surface area contributed by atoms with E-state index in [9.17, 15) is 13.2 Å². The number of azide groups is 1. The molecule has 1 rings (SSSR count). The van der Waals surface area contributed by atoms with Gasteiger partial charge in [0.1, 0.15) is 0 Å². The zero-order valence-corrected chi connectivity index (χ0v) is 13.9. The molecule has 120 valence electrons. The fourth-order valence-corrected chi connectivity index (χ4v) is 2.24. The number of nitrogens with one attached hydrogen (secondary N) is 2. The summed E-state index contributed by atoms with van der Waals surface area (Å²) in [5.74, 6) is -0.206. The molecule has 0 saturated carbocycles. The number of carbonyl (C=O) groups is 1. The van der Waals surface area contributed by atoms with Crippen molar-refractivity contribution in [1.82, 2.24) is 0 Å². The van der Waals surface area contributed by atoms with Crippen LogP contribution in [0.25, 0.3) is 10.4 Å². The van der Waals surface area contributed by atoms with Gasteiger partial charge in [-0.15, -0.1) is 0 Å². The Hall–Kier alpha value is -2.25. The number of benzene rings is 1. The molecule has 0 fully saturated rings. The summed E-state index contributed by atoms with van der Waals surface area (Å²) in [6.07, 6.45) is 1.00. The summed E-state index contributed by atoms with van der Waals surface area (Å²) >= 11 is 0. The molecule has 1 amide bonds. The van der Waals surface area contributed by atoms with E-state index in [2.05, 4.69) is 20.1 Å². The van der Waals surface area contributed by atoms with Crippen molar-refractivity contribution in [3.63, 3.8) is 0 Å². The van der Waals surface area contributed by atoms with Crippen LogP contribution in [0.5, 0.6) is 0 Å². The lowest BCUT2D eigenvalue weighted by Gasteiger charge is -2.19. The second-order valence-electron chi connectivity index (χ2n) is 5.96. The third-order valence-corrected chi connectivity index (χ3v) is 3.27. The standard InChI is InChI=1S/C13H19N5O3S/c1-8-6-9(15-12(19)13(2,3)4)7-10(16-18-14)11(8)17-22(5,20)21/h6-7,17H,1-5H3,(H,15,19). The zero-order valence-electron chi connectivity index (χ0n) is 13.1. The Morgan fingerprint density at radius 3 is 2.36 bits per heavy atom. The van der Waals surface area contributed by atoms with E-state index in [1.54, 1.807) is 33.8 Å². The highest BCUT2D eigenvalue weighted by Crippen LogP contribution is 2.34. The Morgan fingerprint density at radius 2 is 1.91 bits per heavy atom. The summed E-state index contributed by atoms with van der Waals surface area (Å²) in [6, 6.07) is 3.03. The number of hydrogen-bond donors (Lipinski definition) is 2. The van der Waals surface area contributed by atoms with E-state index in [4.69, 9.17) is 5.53 Å². The van der Waals surface area contributed by atoms with Gasteiger partial charge in [-0.25, -0.2) is 8.42 Å². The minimum Gasteiger partial charge on any atom is -0.326 e. The molecule has 9 heteroatoms. The molecule has 1 aromatic carbocycles. The molecular formula is C13H19N5O3S. The van der Waals surface area contributed by atoms with Crippen molar-refractivity contribution in [2.24, 2.45) is 10.5 Å². The van der Waals surface area contributed by atoms with Crippen LogP contribution in [0.1, 0.15) is 26.3 Å². The van der Waals surface area contributed by atoms with E-state index in [0.29, 0.717) is 11.3 Å². The van der Waals surface area contributed by atoms with Crippen LogP contribution >= 0.6 is 0 Å². The van der Waals surface area contributed by atoms with Gasteiger partial charge in [0.15, 0.2) is 0 Å². The maximum Gasteiger partial charge on any atom is 0.229 e. The number of anilines is 2. The van der Waals surface area contributed by atoms with Crippen molar-refractivity contribution < 1.29 is 13.2 Å². The number of sulfonamides is 1. The number of hydrogen-bond acceptors (Lipinski definition) is 4. The topological polar surface area (TPSA) is 124 Å². The molecule has 0 aromatic heterocycles. The second-order valence-corrected chi connectivity index (χ2v) is 7.70. The maximum absolute atomic E-state index is 12.0. The summed E-state index contributed by atoms with van der Waals surface area (Å²) in [6.45, 7) is 6.95. The van der Waals surface area contributed by atoms with Crippen LogP contribution in [-0.2, 0) is 14.8 Å². The Balaban J connectivity index is 3.32. The lowest BCUT2D eigenvalue weighted by atomic mass is 9.95. The van der Waals surface area contributed by atoms with Crippen LogP contribution in [0.3, 0.4) is 0 Å². The third-order valence-electron chi connectivity index (χ3n) is 2.69. The van der Waals surface area contributed by atoms with Gasteiger partial charge < -0.3 is 5.32 Å². The summed E-state index contributed by atoms with van der Waals surface area (Å²) in [7, 11) is -3.52. The Kier molecular flexibility index (Phi) is 5.05. The number of rotatable bonds is 4. The van der Waals surface area contributed by atoms with Crippen LogP contribution in [0.15, 0.2) is 17.2 Å². The Morgan fingerprint density at radius 1 is 1.32 bits per heavy atom. The van der Waals surface area contributed by atoms with Gasteiger partial charge in [0, 0.05) is 16.0 Å². The number of aryl methyl sites for hydroxylation is 1. The van der Waals surface area contributed by atoms with E-state index >= 15 is 0 Å². The average molecular weight is 325 g/mol. The third kappa shape index (κ3) is 4.94. The highest BCUT2D eigenvalue weighted by molar-refractivity contribution is 7.92. The normalized spacial score (nSPS) is 11.5. The van der Waals surface area contributed by atoms with Crippen molar-refractivity contribution in [3.8, 4) is 0 Å². The maximum atomic E-state index is 12.0. The Labute approximate surface area is 129 Å². The predicted octanol–water partition coefficient (Wildman–Crippen LogP) is 3.29. The van der Waals surface area contributed by atoms with Crippen LogP contribution in [0, 0.1) is 12.3 Å². The molecule has 22 heavy (non-hydrogen) atoms. The van der Waals surface area contributed by atoms with Crippen molar-refractivity contribution in [2.45, 2.75) is 27.7 Å². The summed E-state index contributed by atoms with van der Waals surface area (Å²) in [5.41, 5.74) is 9.28. The fourth-order valence-electron chi connectivity index (χ4n) is 1.60.